The molecule has 1 aromatic carbocycles. The van der Waals surface area contributed by atoms with Crippen LogP contribution in [0.15, 0.2) is 18.2 Å². The molecule has 0 amide bonds. The van der Waals surface area contributed by atoms with Crippen LogP contribution in [-0.4, -0.2) is 5.78 Å². The number of aryl methyl sites for hydroxylation is 1. The van der Waals surface area contributed by atoms with E-state index in [1.807, 2.05) is 19.1 Å². The van der Waals surface area contributed by atoms with Gasteiger partial charge in [-0.15, -0.1) is 0 Å². The molecule has 3 nitrogen and oxygen atoms in total. The topological polar surface area (TPSA) is 55.1 Å². The van der Waals surface area contributed by atoms with Gasteiger partial charge in [0.05, 0.1) is 0 Å². The number of carbonyl (C=O) groups is 1. The molecule has 0 saturated carbocycles. The molecule has 0 unspecified atom stereocenters. The minimum Gasteiger partial charge on any atom is -0.324 e. The standard InChI is InChI=1S/C9H12N2O/c1-6-3-4-8(11-10)5-9(6)7(2)12/h3-5,11H,10H2,1-2H3. The van der Waals surface area contributed by atoms with Gasteiger partial charge in [-0.1, -0.05) is 6.07 Å². The van der Waals surface area contributed by atoms with E-state index in [1.165, 1.54) is 0 Å². The van der Waals surface area contributed by atoms with Crippen LogP contribution in [0.3, 0.4) is 0 Å². The van der Waals surface area contributed by atoms with Crippen LogP contribution in [0.2, 0.25) is 0 Å². The van der Waals surface area contributed by atoms with Gasteiger partial charge < -0.3 is 5.43 Å². The Labute approximate surface area is 71.5 Å². The van der Waals surface area contributed by atoms with Crippen molar-refractivity contribution in [3.63, 3.8) is 0 Å². The van der Waals surface area contributed by atoms with Crippen LogP contribution >= 0.6 is 0 Å². The van der Waals surface area contributed by atoms with E-state index in [2.05, 4.69) is 5.43 Å². The zero-order chi connectivity index (χ0) is 9.14. The van der Waals surface area contributed by atoms with Gasteiger partial charge in [-0.25, -0.2) is 0 Å². The van der Waals surface area contributed by atoms with Crippen LogP contribution in [0.1, 0.15) is 22.8 Å². The molecule has 0 aromatic heterocycles. The lowest BCUT2D eigenvalue weighted by atomic mass is 10.1. The number of carbonyl (C=O) groups excluding carboxylic acids is 1. The molecule has 0 bridgehead atoms. The second kappa shape index (κ2) is 3.36. The van der Waals surface area contributed by atoms with Crippen LogP contribution in [0, 0.1) is 6.92 Å². The summed E-state index contributed by atoms with van der Waals surface area (Å²) in [4.78, 5) is 11.1. The van der Waals surface area contributed by atoms with E-state index >= 15 is 0 Å². The molecule has 12 heavy (non-hydrogen) atoms. The van der Waals surface area contributed by atoms with Crippen molar-refractivity contribution in [2.75, 3.05) is 5.43 Å². The molecular weight excluding hydrogens is 152 g/mol. The molecule has 0 fully saturated rings. The number of anilines is 1. The van der Waals surface area contributed by atoms with Gasteiger partial charge in [0.2, 0.25) is 0 Å². The average Bonchev–Trinajstić information content (AvgIpc) is 2.05. The molecule has 0 aliphatic heterocycles. The minimum absolute atomic E-state index is 0.0598. The molecule has 0 aliphatic carbocycles. The summed E-state index contributed by atoms with van der Waals surface area (Å²) in [6.07, 6.45) is 0. The fourth-order valence-electron chi connectivity index (χ4n) is 1.09. The Bertz CT molecular complexity index is 307. The number of hydrogen-bond acceptors (Lipinski definition) is 3. The van der Waals surface area contributed by atoms with Crippen LogP contribution in [0.4, 0.5) is 5.69 Å². The largest absolute Gasteiger partial charge is 0.324 e. The van der Waals surface area contributed by atoms with Gasteiger partial charge in [0.15, 0.2) is 5.78 Å². The van der Waals surface area contributed by atoms with Crippen molar-refractivity contribution in [3.8, 4) is 0 Å². The molecule has 0 radical (unpaired) electrons. The number of nitrogen functional groups attached to an aromatic ring is 1. The predicted octanol–water partition coefficient (Wildman–Crippen LogP) is 1.48. The quantitative estimate of drug-likeness (QED) is 0.395. The normalized spacial score (nSPS) is 9.58. The van der Waals surface area contributed by atoms with Crippen LogP contribution in [0.25, 0.3) is 0 Å². The third kappa shape index (κ3) is 1.62. The Balaban J connectivity index is 3.17. The van der Waals surface area contributed by atoms with Crippen molar-refractivity contribution in [2.45, 2.75) is 13.8 Å². The molecule has 0 atom stereocenters. The summed E-state index contributed by atoms with van der Waals surface area (Å²) < 4.78 is 0. The Morgan fingerprint density at radius 3 is 2.67 bits per heavy atom. The molecule has 1 rings (SSSR count). The summed E-state index contributed by atoms with van der Waals surface area (Å²) in [5, 5.41) is 0. The molecule has 0 aliphatic rings. The van der Waals surface area contributed by atoms with Crippen molar-refractivity contribution < 1.29 is 4.79 Å². The lowest BCUT2D eigenvalue weighted by Crippen LogP contribution is -2.08. The predicted molar refractivity (Wildman–Crippen MR) is 49.0 cm³/mol. The second-order valence-electron chi connectivity index (χ2n) is 2.73. The SMILES string of the molecule is CC(=O)c1cc(NN)ccc1C. The third-order valence-electron chi connectivity index (χ3n) is 1.78. The zero-order valence-electron chi connectivity index (χ0n) is 7.22. The Kier molecular flexibility index (Phi) is 2.45. The van der Waals surface area contributed by atoms with Crippen molar-refractivity contribution >= 4 is 11.5 Å². The molecule has 64 valence electrons. The number of benzene rings is 1. The number of Topliss-reactive ketones (excluding diaryl/α,β-unsaturated/α-hetero) is 1. The highest BCUT2D eigenvalue weighted by Gasteiger charge is 2.03. The van der Waals surface area contributed by atoms with Crippen LogP contribution in [0.5, 0.6) is 0 Å². The van der Waals surface area contributed by atoms with Crippen molar-refractivity contribution in [3.05, 3.63) is 29.3 Å². The molecule has 0 spiro atoms. The maximum Gasteiger partial charge on any atom is 0.160 e. The molecular formula is C9H12N2O. The lowest BCUT2D eigenvalue weighted by molar-refractivity contribution is 0.101. The molecule has 0 saturated heterocycles. The number of rotatable bonds is 2. The summed E-state index contributed by atoms with van der Waals surface area (Å²) in [5.74, 6) is 5.27. The maximum atomic E-state index is 11.1. The summed E-state index contributed by atoms with van der Waals surface area (Å²) in [7, 11) is 0. The van der Waals surface area contributed by atoms with Gasteiger partial charge >= 0.3 is 0 Å². The van der Waals surface area contributed by atoms with Crippen LogP contribution < -0.4 is 11.3 Å². The molecule has 1 aromatic rings. The highest BCUT2D eigenvalue weighted by Crippen LogP contribution is 2.14. The number of nitrogens with one attached hydrogen (secondary N) is 1. The van der Waals surface area contributed by atoms with E-state index in [4.69, 9.17) is 5.84 Å². The highest BCUT2D eigenvalue weighted by atomic mass is 16.1. The Morgan fingerprint density at radius 1 is 1.50 bits per heavy atom. The number of hydrazine groups is 1. The van der Waals surface area contributed by atoms with Gasteiger partial charge in [0, 0.05) is 11.3 Å². The van der Waals surface area contributed by atoms with E-state index in [0.717, 1.165) is 11.3 Å². The van der Waals surface area contributed by atoms with E-state index in [1.54, 1.807) is 13.0 Å². The van der Waals surface area contributed by atoms with E-state index < -0.39 is 0 Å². The number of nitrogens with two attached hydrogens (primary N) is 1. The van der Waals surface area contributed by atoms with Crippen molar-refractivity contribution in [1.29, 1.82) is 0 Å². The van der Waals surface area contributed by atoms with E-state index in [9.17, 15) is 4.79 Å². The minimum atomic E-state index is 0.0598. The zero-order valence-corrected chi connectivity index (χ0v) is 7.22. The van der Waals surface area contributed by atoms with E-state index in [0.29, 0.717) is 5.56 Å². The smallest absolute Gasteiger partial charge is 0.160 e. The third-order valence-corrected chi connectivity index (χ3v) is 1.78. The van der Waals surface area contributed by atoms with Gasteiger partial charge in [-0.3, -0.25) is 10.6 Å². The molecule has 3 N–H and O–H groups in total. The molecule has 3 heteroatoms. The Hall–Kier alpha value is -1.35. The fourth-order valence-corrected chi connectivity index (χ4v) is 1.09. The first-order valence-electron chi connectivity index (χ1n) is 3.73. The summed E-state index contributed by atoms with van der Waals surface area (Å²) in [5.41, 5.74) is 4.94. The first-order chi connectivity index (χ1) is 5.65. The lowest BCUT2D eigenvalue weighted by Gasteiger charge is -2.04. The fraction of sp³-hybridized carbons (Fsp3) is 0.222. The van der Waals surface area contributed by atoms with Gasteiger partial charge in [0.1, 0.15) is 0 Å². The number of hydrogen-bond donors (Lipinski definition) is 2. The van der Waals surface area contributed by atoms with Gasteiger partial charge in [0.25, 0.3) is 0 Å². The summed E-state index contributed by atoms with van der Waals surface area (Å²) in [6.45, 7) is 3.44. The van der Waals surface area contributed by atoms with Gasteiger partial charge in [-0.2, -0.15) is 0 Å². The second-order valence-corrected chi connectivity index (χ2v) is 2.73. The monoisotopic (exact) mass is 164 g/mol. The summed E-state index contributed by atoms with van der Waals surface area (Å²) >= 11 is 0. The first-order valence-corrected chi connectivity index (χ1v) is 3.73. The van der Waals surface area contributed by atoms with Gasteiger partial charge in [-0.05, 0) is 31.5 Å². The van der Waals surface area contributed by atoms with Crippen molar-refractivity contribution in [2.24, 2.45) is 5.84 Å². The highest BCUT2D eigenvalue weighted by molar-refractivity contribution is 5.96. The van der Waals surface area contributed by atoms with Crippen molar-refractivity contribution in [1.82, 2.24) is 0 Å². The van der Waals surface area contributed by atoms with E-state index in [-0.39, 0.29) is 5.78 Å². The first kappa shape index (κ1) is 8.74. The average molecular weight is 164 g/mol. The number of ketones is 1. The molecule has 0 heterocycles. The Morgan fingerprint density at radius 2 is 2.17 bits per heavy atom. The van der Waals surface area contributed by atoms with Crippen LogP contribution in [-0.2, 0) is 0 Å². The maximum absolute atomic E-state index is 11.1. The summed E-state index contributed by atoms with van der Waals surface area (Å²) in [6, 6.07) is 5.45.